The molecule has 6 heteroatoms. The zero-order chi connectivity index (χ0) is 14.0. The van der Waals surface area contributed by atoms with E-state index in [0.717, 1.165) is 10.6 Å². The maximum Gasteiger partial charge on any atom is 0.279 e. The van der Waals surface area contributed by atoms with Gasteiger partial charge >= 0.3 is 0 Å². The lowest BCUT2D eigenvalue weighted by atomic mass is 10.1. The molecule has 2 rings (SSSR count). The van der Waals surface area contributed by atoms with E-state index in [2.05, 4.69) is 16.8 Å². The molecule has 19 heavy (non-hydrogen) atoms. The van der Waals surface area contributed by atoms with E-state index in [4.69, 9.17) is 0 Å². The Morgan fingerprint density at radius 1 is 1.47 bits per heavy atom. The monoisotopic (exact) mass is 275 g/mol. The van der Waals surface area contributed by atoms with Crippen LogP contribution in [0.4, 0.5) is 5.69 Å². The third-order valence-corrected chi connectivity index (χ3v) is 3.92. The molecule has 98 valence electrons. The summed E-state index contributed by atoms with van der Waals surface area (Å²) in [6.45, 7) is 7.56. The van der Waals surface area contributed by atoms with Gasteiger partial charge in [0.25, 0.3) is 5.69 Å². The summed E-state index contributed by atoms with van der Waals surface area (Å²) in [5.41, 5.74) is 1.53. The van der Waals surface area contributed by atoms with Crippen molar-refractivity contribution in [2.24, 2.45) is 0 Å². The van der Waals surface area contributed by atoms with Crippen LogP contribution >= 0.6 is 11.3 Å². The Hall–Kier alpha value is -2.08. The fraction of sp³-hybridized carbons (Fsp3) is 0.231. The molecule has 1 atom stereocenters. The van der Waals surface area contributed by atoms with Gasteiger partial charge in [-0.3, -0.25) is 10.1 Å². The van der Waals surface area contributed by atoms with Crippen molar-refractivity contribution in [2.75, 3.05) is 0 Å². The van der Waals surface area contributed by atoms with Crippen LogP contribution in [-0.4, -0.2) is 15.1 Å². The van der Waals surface area contributed by atoms with Gasteiger partial charge in [0.1, 0.15) is 5.01 Å². The van der Waals surface area contributed by atoms with Crippen LogP contribution in [0.1, 0.15) is 23.4 Å². The van der Waals surface area contributed by atoms with Crippen LogP contribution in [0.3, 0.4) is 0 Å². The van der Waals surface area contributed by atoms with Crippen LogP contribution in [0, 0.1) is 17.0 Å². The molecule has 0 saturated heterocycles. The van der Waals surface area contributed by atoms with E-state index in [1.807, 2.05) is 13.8 Å². The number of allylic oxidation sites excluding steroid dienone is 1. The molecular formula is C13H13N3O2S. The number of nitro groups is 1. The maximum absolute atomic E-state index is 11.0. The van der Waals surface area contributed by atoms with E-state index in [-0.39, 0.29) is 11.6 Å². The van der Waals surface area contributed by atoms with Gasteiger partial charge in [-0.15, -0.1) is 16.8 Å². The molecule has 0 N–H and O–H groups in total. The smallest absolute Gasteiger partial charge is 0.258 e. The van der Waals surface area contributed by atoms with E-state index < -0.39 is 4.92 Å². The lowest BCUT2D eigenvalue weighted by Crippen LogP contribution is -1.92. The van der Waals surface area contributed by atoms with Crippen molar-refractivity contribution < 1.29 is 4.92 Å². The predicted octanol–water partition coefficient (Wildman–Crippen LogP) is 3.71. The average Bonchev–Trinajstić information content (AvgIpc) is 2.86. The van der Waals surface area contributed by atoms with Gasteiger partial charge in [0.05, 0.1) is 10.5 Å². The summed E-state index contributed by atoms with van der Waals surface area (Å²) in [5, 5.41) is 20.5. The third kappa shape index (κ3) is 2.68. The van der Waals surface area contributed by atoms with Gasteiger partial charge in [-0.05, 0) is 18.6 Å². The molecule has 1 aromatic carbocycles. The topological polar surface area (TPSA) is 68.9 Å². The molecule has 1 unspecified atom stereocenters. The number of nitro benzene ring substituents is 1. The van der Waals surface area contributed by atoms with Crippen molar-refractivity contribution in [1.82, 2.24) is 10.2 Å². The summed E-state index contributed by atoms with van der Waals surface area (Å²) in [5.74, 6) is 0.0927. The van der Waals surface area contributed by atoms with Crippen LogP contribution in [-0.2, 0) is 0 Å². The summed E-state index contributed by atoms with van der Waals surface area (Å²) in [7, 11) is 0. The Kier molecular flexibility index (Phi) is 3.71. The minimum absolute atomic E-state index is 0.0551. The Morgan fingerprint density at radius 2 is 2.21 bits per heavy atom. The zero-order valence-corrected chi connectivity index (χ0v) is 11.5. The predicted molar refractivity (Wildman–Crippen MR) is 75.3 cm³/mol. The Labute approximate surface area is 114 Å². The highest BCUT2D eigenvalue weighted by Crippen LogP contribution is 2.34. The second-order valence-corrected chi connectivity index (χ2v) is 5.26. The molecule has 1 aromatic heterocycles. The van der Waals surface area contributed by atoms with Gasteiger partial charge in [-0.1, -0.05) is 30.4 Å². The number of hydrogen-bond donors (Lipinski definition) is 0. The first-order chi connectivity index (χ1) is 9.02. The fourth-order valence-corrected chi connectivity index (χ4v) is 2.53. The van der Waals surface area contributed by atoms with E-state index in [1.54, 1.807) is 18.2 Å². The number of benzene rings is 1. The Morgan fingerprint density at radius 3 is 2.84 bits per heavy atom. The average molecular weight is 275 g/mol. The minimum atomic E-state index is -0.396. The largest absolute Gasteiger partial charge is 0.279 e. The van der Waals surface area contributed by atoms with E-state index in [0.29, 0.717) is 10.6 Å². The highest BCUT2D eigenvalue weighted by atomic mass is 32.1. The summed E-state index contributed by atoms with van der Waals surface area (Å²) in [4.78, 5) is 10.7. The van der Waals surface area contributed by atoms with Crippen LogP contribution in [0.25, 0.3) is 10.6 Å². The quantitative estimate of drug-likeness (QED) is 0.484. The first-order valence-corrected chi connectivity index (χ1v) is 6.56. The number of hydrogen-bond acceptors (Lipinski definition) is 5. The molecule has 0 bridgehead atoms. The van der Waals surface area contributed by atoms with Crippen molar-refractivity contribution in [3.05, 3.63) is 51.5 Å². The highest BCUT2D eigenvalue weighted by molar-refractivity contribution is 7.14. The van der Waals surface area contributed by atoms with Crippen molar-refractivity contribution in [3.8, 4) is 10.6 Å². The van der Waals surface area contributed by atoms with Gasteiger partial charge in [0.15, 0.2) is 5.01 Å². The normalized spacial score (nSPS) is 12.1. The lowest BCUT2D eigenvalue weighted by Gasteiger charge is -2.00. The van der Waals surface area contributed by atoms with Crippen LogP contribution in [0.5, 0.6) is 0 Å². The molecule has 0 aliphatic heterocycles. The summed E-state index contributed by atoms with van der Waals surface area (Å²) < 4.78 is 0. The van der Waals surface area contributed by atoms with Gasteiger partial charge in [-0.25, -0.2) is 0 Å². The highest BCUT2D eigenvalue weighted by Gasteiger charge is 2.19. The summed E-state index contributed by atoms with van der Waals surface area (Å²) in [6.07, 6.45) is 1.77. The number of aromatic nitrogens is 2. The van der Waals surface area contributed by atoms with Gasteiger partial charge < -0.3 is 0 Å². The molecule has 0 fully saturated rings. The fourth-order valence-electron chi connectivity index (χ4n) is 1.61. The molecule has 5 nitrogen and oxygen atoms in total. The minimum Gasteiger partial charge on any atom is -0.258 e. The zero-order valence-electron chi connectivity index (χ0n) is 10.7. The van der Waals surface area contributed by atoms with Gasteiger partial charge in [0.2, 0.25) is 0 Å². The number of aryl methyl sites for hydroxylation is 1. The molecule has 2 aromatic rings. The Bertz CT molecular complexity index is 637. The lowest BCUT2D eigenvalue weighted by molar-refractivity contribution is -0.384. The first-order valence-electron chi connectivity index (χ1n) is 5.74. The SMILES string of the molecule is C=CC(C)c1nnc(-c2cc(C)ccc2[N+](=O)[O-])s1. The molecule has 0 aliphatic carbocycles. The molecule has 0 saturated carbocycles. The van der Waals surface area contributed by atoms with Crippen LogP contribution in [0.2, 0.25) is 0 Å². The molecular weight excluding hydrogens is 262 g/mol. The van der Waals surface area contributed by atoms with Crippen molar-refractivity contribution in [3.63, 3.8) is 0 Å². The molecule has 0 spiro atoms. The molecule has 0 amide bonds. The van der Waals surface area contributed by atoms with E-state index in [9.17, 15) is 10.1 Å². The second-order valence-electron chi connectivity index (χ2n) is 4.25. The van der Waals surface area contributed by atoms with Crippen molar-refractivity contribution in [1.29, 1.82) is 0 Å². The molecule has 0 aliphatic rings. The summed E-state index contributed by atoms with van der Waals surface area (Å²) in [6, 6.07) is 4.99. The first kappa shape index (κ1) is 13.4. The van der Waals surface area contributed by atoms with Crippen LogP contribution in [0.15, 0.2) is 30.9 Å². The Balaban J connectivity index is 2.52. The van der Waals surface area contributed by atoms with E-state index in [1.165, 1.54) is 17.4 Å². The third-order valence-electron chi connectivity index (χ3n) is 2.76. The number of nitrogens with zero attached hydrogens (tertiary/aromatic N) is 3. The maximum atomic E-state index is 11.0. The van der Waals surface area contributed by atoms with Gasteiger partial charge in [0, 0.05) is 12.0 Å². The number of rotatable bonds is 4. The van der Waals surface area contributed by atoms with E-state index >= 15 is 0 Å². The summed E-state index contributed by atoms with van der Waals surface area (Å²) >= 11 is 1.36. The molecule has 1 heterocycles. The standard InChI is InChI=1S/C13H13N3O2S/c1-4-9(3)12-14-15-13(19-12)10-7-8(2)5-6-11(10)16(17)18/h4-7,9H,1H2,2-3H3. The van der Waals surface area contributed by atoms with Crippen molar-refractivity contribution in [2.45, 2.75) is 19.8 Å². The van der Waals surface area contributed by atoms with Gasteiger partial charge in [-0.2, -0.15) is 0 Å². The second kappa shape index (κ2) is 5.27. The molecule has 0 radical (unpaired) electrons. The van der Waals surface area contributed by atoms with Crippen molar-refractivity contribution >= 4 is 17.0 Å². The van der Waals surface area contributed by atoms with Crippen LogP contribution < -0.4 is 0 Å².